The van der Waals surface area contributed by atoms with Crippen LogP contribution >= 0.6 is 0 Å². The lowest BCUT2D eigenvalue weighted by Crippen LogP contribution is -2.33. The Morgan fingerprint density at radius 2 is 2.05 bits per heavy atom. The van der Waals surface area contributed by atoms with Gasteiger partial charge in [-0.1, -0.05) is 18.2 Å². The number of likely N-dealkylation sites (N-methyl/N-ethyl adjacent to an activating group) is 1. The third kappa shape index (κ3) is 2.76. The van der Waals surface area contributed by atoms with E-state index in [1.807, 2.05) is 30.5 Å². The molecule has 1 saturated heterocycles. The molecule has 4 nitrogen and oxygen atoms in total. The molecule has 20 heavy (non-hydrogen) atoms. The lowest BCUT2D eigenvalue weighted by atomic mass is 10.1. The van der Waals surface area contributed by atoms with Crippen molar-refractivity contribution in [1.82, 2.24) is 14.8 Å². The maximum absolute atomic E-state index is 12.5. The zero-order valence-electron chi connectivity index (χ0n) is 11.9. The fraction of sp³-hybridized carbons (Fsp3) is 0.438. The highest BCUT2D eigenvalue weighted by molar-refractivity contribution is 6.08. The number of rotatable bonds is 3. The maximum Gasteiger partial charge on any atom is 0.178 e. The number of Topliss-reactive ketones (excluding diaryl/α,β-unsaturated/α-hetero) is 1. The summed E-state index contributed by atoms with van der Waals surface area (Å²) >= 11 is 0. The highest BCUT2D eigenvalue weighted by Gasteiger charge is 2.18. The minimum absolute atomic E-state index is 0.215. The summed E-state index contributed by atoms with van der Waals surface area (Å²) in [5, 5.41) is 1.03. The standard InChI is InChI=1S/C16H21N3O/c1-18-7-4-8-19(10-9-18)12-16(20)14-11-17-15-6-3-2-5-13(14)15/h2-3,5-6,11,17H,4,7-10,12H2,1H3. The topological polar surface area (TPSA) is 39.3 Å². The summed E-state index contributed by atoms with van der Waals surface area (Å²) in [5.74, 6) is 0.215. The largest absolute Gasteiger partial charge is 0.360 e. The second-order valence-electron chi connectivity index (χ2n) is 5.60. The Morgan fingerprint density at radius 1 is 1.20 bits per heavy atom. The van der Waals surface area contributed by atoms with Gasteiger partial charge >= 0.3 is 0 Å². The fourth-order valence-electron chi connectivity index (χ4n) is 2.85. The van der Waals surface area contributed by atoms with Gasteiger partial charge in [0, 0.05) is 35.8 Å². The zero-order valence-corrected chi connectivity index (χ0v) is 11.9. The van der Waals surface area contributed by atoms with Crippen LogP contribution in [0.3, 0.4) is 0 Å². The van der Waals surface area contributed by atoms with Gasteiger partial charge in [0.2, 0.25) is 0 Å². The summed E-state index contributed by atoms with van der Waals surface area (Å²) in [7, 11) is 2.14. The number of benzene rings is 1. The van der Waals surface area contributed by atoms with Gasteiger partial charge in [-0.2, -0.15) is 0 Å². The minimum atomic E-state index is 0.215. The van der Waals surface area contributed by atoms with Crippen molar-refractivity contribution in [3.63, 3.8) is 0 Å². The molecule has 1 N–H and O–H groups in total. The number of aromatic amines is 1. The van der Waals surface area contributed by atoms with E-state index in [4.69, 9.17) is 0 Å². The van der Waals surface area contributed by atoms with Gasteiger partial charge in [-0.3, -0.25) is 9.69 Å². The van der Waals surface area contributed by atoms with Crippen LogP contribution in [0.25, 0.3) is 10.9 Å². The second kappa shape index (κ2) is 5.77. The van der Waals surface area contributed by atoms with Gasteiger partial charge in [0.25, 0.3) is 0 Å². The molecule has 1 aliphatic heterocycles. The SMILES string of the molecule is CN1CCCN(CC(=O)c2c[nH]c3ccccc23)CC1. The van der Waals surface area contributed by atoms with Gasteiger partial charge < -0.3 is 9.88 Å². The van der Waals surface area contributed by atoms with Crippen LogP contribution in [-0.4, -0.2) is 60.3 Å². The molecule has 0 radical (unpaired) electrons. The quantitative estimate of drug-likeness (QED) is 0.868. The van der Waals surface area contributed by atoms with E-state index in [0.717, 1.165) is 49.1 Å². The number of hydrogen-bond acceptors (Lipinski definition) is 3. The van der Waals surface area contributed by atoms with Gasteiger partial charge in [-0.05, 0) is 32.6 Å². The van der Waals surface area contributed by atoms with E-state index in [-0.39, 0.29) is 5.78 Å². The van der Waals surface area contributed by atoms with Crippen molar-refractivity contribution in [3.8, 4) is 0 Å². The average Bonchev–Trinajstić information content (AvgIpc) is 2.78. The van der Waals surface area contributed by atoms with E-state index in [1.165, 1.54) is 0 Å². The Morgan fingerprint density at radius 3 is 2.95 bits per heavy atom. The predicted molar refractivity (Wildman–Crippen MR) is 81.2 cm³/mol. The normalized spacial score (nSPS) is 18.2. The third-order valence-corrected chi connectivity index (χ3v) is 4.07. The monoisotopic (exact) mass is 271 g/mol. The molecule has 4 heteroatoms. The lowest BCUT2D eigenvalue weighted by Gasteiger charge is -2.18. The molecular formula is C16H21N3O. The summed E-state index contributed by atoms with van der Waals surface area (Å²) in [6.07, 6.45) is 2.98. The first-order valence-electron chi connectivity index (χ1n) is 7.24. The molecule has 0 spiro atoms. The molecule has 0 amide bonds. The summed E-state index contributed by atoms with van der Waals surface area (Å²) in [6.45, 7) is 4.68. The highest BCUT2D eigenvalue weighted by Crippen LogP contribution is 2.18. The van der Waals surface area contributed by atoms with E-state index in [2.05, 4.69) is 21.8 Å². The van der Waals surface area contributed by atoms with Crippen molar-refractivity contribution in [2.24, 2.45) is 0 Å². The molecule has 106 valence electrons. The van der Waals surface area contributed by atoms with E-state index in [1.54, 1.807) is 0 Å². The first-order valence-corrected chi connectivity index (χ1v) is 7.24. The van der Waals surface area contributed by atoms with E-state index < -0.39 is 0 Å². The van der Waals surface area contributed by atoms with E-state index in [9.17, 15) is 4.79 Å². The van der Waals surface area contributed by atoms with Crippen molar-refractivity contribution < 1.29 is 4.79 Å². The van der Waals surface area contributed by atoms with Crippen LogP contribution in [0.5, 0.6) is 0 Å². The van der Waals surface area contributed by atoms with Crippen LogP contribution in [0.1, 0.15) is 16.8 Å². The summed E-state index contributed by atoms with van der Waals surface area (Å²) < 4.78 is 0. The Balaban J connectivity index is 1.73. The van der Waals surface area contributed by atoms with Crippen LogP contribution < -0.4 is 0 Å². The molecular weight excluding hydrogens is 250 g/mol. The van der Waals surface area contributed by atoms with Gasteiger partial charge in [-0.25, -0.2) is 0 Å². The number of fused-ring (bicyclic) bond motifs is 1. The van der Waals surface area contributed by atoms with E-state index >= 15 is 0 Å². The molecule has 0 saturated carbocycles. The molecule has 0 atom stereocenters. The Labute approximate surface area is 119 Å². The Hall–Kier alpha value is -1.65. The molecule has 1 aromatic carbocycles. The molecule has 1 aromatic heterocycles. The number of hydrogen-bond donors (Lipinski definition) is 1. The highest BCUT2D eigenvalue weighted by atomic mass is 16.1. The number of nitrogens with zero attached hydrogens (tertiary/aromatic N) is 2. The summed E-state index contributed by atoms with van der Waals surface area (Å²) in [6, 6.07) is 7.98. The summed E-state index contributed by atoms with van der Waals surface area (Å²) in [4.78, 5) is 20.3. The number of aromatic nitrogens is 1. The smallest absolute Gasteiger partial charge is 0.178 e. The number of ketones is 1. The van der Waals surface area contributed by atoms with Crippen LogP contribution in [0.4, 0.5) is 0 Å². The Kier molecular flexibility index (Phi) is 3.85. The molecule has 2 aromatic rings. The summed E-state index contributed by atoms with van der Waals surface area (Å²) in [5.41, 5.74) is 1.85. The number of H-pyrrole nitrogens is 1. The van der Waals surface area contributed by atoms with Crippen LogP contribution in [0, 0.1) is 0 Å². The molecule has 1 aliphatic rings. The van der Waals surface area contributed by atoms with Crippen LogP contribution in [0.15, 0.2) is 30.5 Å². The molecule has 0 unspecified atom stereocenters. The van der Waals surface area contributed by atoms with Gasteiger partial charge in [0.15, 0.2) is 5.78 Å². The maximum atomic E-state index is 12.5. The van der Waals surface area contributed by atoms with Crippen LogP contribution in [0.2, 0.25) is 0 Å². The van der Waals surface area contributed by atoms with Gasteiger partial charge in [0.05, 0.1) is 6.54 Å². The number of nitrogens with one attached hydrogen (secondary N) is 1. The molecule has 0 bridgehead atoms. The zero-order chi connectivity index (χ0) is 13.9. The second-order valence-corrected chi connectivity index (χ2v) is 5.60. The first kappa shape index (κ1) is 13.3. The fourth-order valence-corrected chi connectivity index (χ4v) is 2.85. The number of carbonyl (C=O) groups is 1. The first-order chi connectivity index (χ1) is 9.74. The van der Waals surface area contributed by atoms with Crippen molar-refractivity contribution in [2.75, 3.05) is 39.8 Å². The molecule has 3 rings (SSSR count). The van der Waals surface area contributed by atoms with Crippen LogP contribution in [-0.2, 0) is 0 Å². The number of para-hydroxylation sites is 1. The van der Waals surface area contributed by atoms with Gasteiger partial charge in [0.1, 0.15) is 0 Å². The molecule has 1 fully saturated rings. The van der Waals surface area contributed by atoms with E-state index in [0.29, 0.717) is 6.54 Å². The average molecular weight is 271 g/mol. The minimum Gasteiger partial charge on any atom is -0.360 e. The molecule has 0 aliphatic carbocycles. The third-order valence-electron chi connectivity index (χ3n) is 4.07. The molecule has 2 heterocycles. The number of carbonyl (C=O) groups excluding carboxylic acids is 1. The van der Waals surface area contributed by atoms with Gasteiger partial charge in [-0.15, -0.1) is 0 Å². The lowest BCUT2D eigenvalue weighted by molar-refractivity contribution is 0.0935. The van der Waals surface area contributed by atoms with Crippen molar-refractivity contribution >= 4 is 16.7 Å². The van der Waals surface area contributed by atoms with Crippen molar-refractivity contribution in [1.29, 1.82) is 0 Å². The predicted octanol–water partition coefficient (Wildman–Crippen LogP) is 1.99. The Bertz CT molecular complexity index is 605. The van der Waals surface area contributed by atoms with Crippen molar-refractivity contribution in [3.05, 3.63) is 36.0 Å². The van der Waals surface area contributed by atoms with Crippen molar-refractivity contribution in [2.45, 2.75) is 6.42 Å².